The maximum Gasteiger partial charge on any atom is 0.276 e. The zero-order valence-corrected chi connectivity index (χ0v) is 4.83. The Bertz CT molecular complexity index is 59.7. The van der Waals surface area contributed by atoms with Crippen molar-refractivity contribution in [1.29, 1.82) is 4.78 Å². The summed E-state index contributed by atoms with van der Waals surface area (Å²) in [6.45, 7) is 0. The highest BCUT2D eigenvalue weighted by atomic mass is 35.5. The summed E-state index contributed by atoms with van der Waals surface area (Å²) >= 11 is 7.97. The molecular weight excluding hydrogens is 140 g/mol. The molecule has 0 aromatic carbocycles. The summed E-state index contributed by atoms with van der Waals surface area (Å²) in [5, 5.41) is 9.04. The third-order valence-corrected chi connectivity index (χ3v) is 0.293. The molecule has 0 spiro atoms. The first-order valence-electron chi connectivity index (χ1n) is 1.15. The van der Waals surface area contributed by atoms with Gasteiger partial charge in [-0.15, -0.1) is 0 Å². The quantitative estimate of drug-likeness (QED) is 0.254. The van der Waals surface area contributed by atoms with Gasteiger partial charge in [0.1, 0.15) is 0 Å². The summed E-state index contributed by atoms with van der Waals surface area (Å²) < 4.78 is 5.33. The van der Waals surface area contributed by atoms with E-state index in [-0.39, 0.29) is 0 Å². The van der Waals surface area contributed by atoms with Crippen LogP contribution >= 0.6 is 11.6 Å². The Morgan fingerprint density at radius 2 is 2.00 bits per heavy atom. The molecule has 0 aliphatic carbocycles. The molecule has 0 atom stereocenters. The maximum absolute atomic E-state index is 9.04. The predicted molar refractivity (Wildman–Crippen MR) is 27.8 cm³/mol. The molecule has 0 amide bonds. The lowest BCUT2D eigenvalue weighted by molar-refractivity contribution is -0.459. The fourth-order valence-corrected chi connectivity index (χ4v) is 0. The average molecular weight is 143 g/mol. The number of halogens is 1. The van der Waals surface area contributed by atoms with Crippen LogP contribution in [0.4, 0.5) is 0 Å². The largest absolute Gasteiger partial charge is 0.276 e. The second-order valence-electron chi connectivity index (χ2n) is 0.452. The molecule has 1 N–H and O–H groups in total. The van der Waals surface area contributed by atoms with E-state index in [4.69, 9.17) is 14.9 Å². The Hall–Kier alpha value is -0.290. The molecule has 0 aromatic heterocycles. The van der Waals surface area contributed by atoms with Crippen LogP contribution in [0.1, 0.15) is 0 Å². The van der Waals surface area contributed by atoms with E-state index in [1.54, 1.807) is 0 Å². The molecule has 0 aliphatic heterocycles. The van der Waals surface area contributed by atoms with Crippen molar-refractivity contribution in [3.63, 3.8) is 0 Å². The van der Waals surface area contributed by atoms with Gasteiger partial charge in [-0.3, -0.25) is 10.1 Å². The molecule has 0 heterocycles. The van der Waals surface area contributed by atoms with E-state index in [2.05, 4.69) is 24.0 Å². The Morgan fingerprint density at radius 3 is 2.00 bits per heavy atom. The number of rotatable bonds is 1. The van der Waals surface area contributed by atoms with Crippen LogP contribution in [0.15, 0.2) is 0 Å². The maximum atomic E-state index is 9.04. The van der Waals surface area contributed by atoms with Gasteiger partial charge in [0.15, 0.2) is 0 Å². The van der Waals surface area contributed by atoms with E-state index in [0.717, 1.165) is 0 Å². The Labute approximate surface area is 50.6 Å². The fraction of sp³-hybridized carbons (Fsp3) is 1.00. The van der Waals surface area contributed by atoms with E-state index in [1.807, 2.05) is 0 Å². The molecule has 0 bridgehead atoms. The number of hydrogen-bond donors (Lipinski definition) is 1. The van der Waals surface area contributed by atoms with Crippen LogP contribution in [0.3, 0.4) is 0 Å². The first-order valence-corrected chi connectivity index (χ1v) is 2.10. The normalized spacial score (nSPS) is 5.86. The number of nitro groups is 1. The van der Waals surface area contributed by atoms with Gasteiger partial charge in [0, 0.05) is 17.3 Å². The number of nitrogens with zero attached hydrogens (tertiary/aromatic N) is 1. The highest BCUT2D eigenvalue weighted by Crippen LogP contribution is 1.69. The highest BCUT2D eigenvalue weighted by molar-refractivity contribution is 7.45. The van der Waals surface area contributed by atoms with Crippen molar-refractivity contribution in [2.75, 3.05) is 6.00 Å². The summed E-state index contributed by atoms with van der Waals surface area (Å²) in [4.78, 5) is 8.43. The molecule has 0 aromatic rings. The van der Waals surface area contributed by atoms with Crippen molar-refractivity contribution < 1.29 is 4.92 Å². The van der Waals surface area contributed by atoms with Gasteiger partial charge in [-0.1, -0.05) is 0 Å². The van der Waals surface area contributed by atoms with Gasteiger partial charge < -0.3 is 0 Å². The van der Waals surface area contributed by atoms with Crippen molar-refractivity contribution in [1.82, 2.24) is 0 Å². The van der Waals surface area contributed by atoms with E-state index in [1.165, 1.54) is 0 Å². The van der Waals surface area contributed by atoms with Crippen LogP contribution in [-0.4, -0.2) is 10.9 Å². The second kappa shape index (κ2) is 9.20. The van der Waals surface area contributed by atoms with Gasteiger partial charge in [-0.25, -0.2) is 4.78 Å². The van der Waals surface area contributed by atoms with Crippen LogP contribution in [0.5, 0.6) is 0 Å². The molecule has 0 aliphatic rings. The van der Waals surface area contributed by atoms with Crippen molar-refractivity contribution in [2.24, 2.45) is 0 Å². The lowest BCUT2D eigenvalue weighted by Crippen LogP contribution is -1.89. The first-order chi connectivity index (χ1) is 3.27. The molecule has 4 nitrogen and oxygen atoms in total. The van der Waals surface area contributed by atoms with Crippen LogP contribution in [0, 0.1) is 14.9 Å². The third kappa shape index (κ3) is 26.9. The van der Waals surface area contributed by atoms with Crippen LogP contribution < -0.4 is 0 Å². The minimum absolute atomic E-state index is 0.500. The molecule has 0 fully saturated rings. The zero-order valence-electron chi connectivity index (χ0n) is 3.26. The lowest BCUT2D eigenvalue weighted by Gasteiger charge is -1.71. The Morgan fingerprint density at radius 1 is 1.86 bits per heavy atom. The molecule has 7 heavy (non-hydrogen) atoms. The van der Waals surface area contributed by atoms with E-state index < -0.39 is 10.9 Å². The van der Waals surface area contributed by atoms with Gasteiger partial charge in [0.05, 0.1) is 0 Å². The van der Waals surface area contributed by atoms with Crippen molar-refractivity contribution in [3.8, 4) is 0 Å². The zero-order chi connectivity index (χ0) is 6.28. The molecular formula is CH3ClN2O2S. The standard InChI is InChI=1S/CH2ClNO2.HNS/c2-1-3(4)5;1-2/h1H2;1H. The summed E-state index contributed by atoms with van der Waals surface area (Å²) in [6, 6.07) is -0.500. The van der Waals surface area contributed by atoms with E-state index >= 15 is 0 Å². The van der Waals surface area contributed by atoms with Crippen molar-refractivity contribution in [3.05, 3.63) is 10.1 Å². The van der Waals surface area contributed by atoms with Crippen LogP contribution in [0.25, 0.3) is 0 Å². The number of nitrogens with one attached hydrogen (secondary N) is 1. The second-order valence-corrected chi connectivity index (χ2v) is 0.691. The Kier molecular flexibility index (Phi) is 13.0. The van der Waals surface area contributed by atoms with Gasteiger partial charge in [-0.05, 0) is 11.6 Å². The lowest BCUT2D eigenvalue weighted by atomic mass is 11.5. The highest BCUT2D eigenvalue weighted by Gasteiger charge is 1.79. The van der Waals surface area contributed by atoms with Gasteiger partial charge in [0.2, 0.25) is 0 Å². The van der Waals surface area contributed by atoms with Crippen molar-refractivity contribution >= 4 is 24.0 Å². The van der Waals surface area contributed by atoms with Crippen molar-refractivity contribution in [2.45, 2.75) is 0 Å². The predicted octanol–water partition coefficient (Wildman–Crippen LogP) is 0.755. The van der Waals surface area contributed by atoms with E-state index in [9.17, 15) is 0 Å². The summed E-state index contributed by atoms with van der Waals surface area (Å²) in [5.74, 6) is 0. The molecule has 0 radical (unpaired) electrons. The molecule has 42 valence electrons. The van der Waals surface area contributed by atoms with Gasteiger partial charge >= 0.3 is 0 Å². The van der Waals surface area contributed by atoms with Crippen LogP contribution in [-0.2, 0) is 12.4 Å². The minimum atomic E-state index is -0.610. The van der Waals surface area contributed by atoms with Gasteiger partial charge in [-0.2, -0.15) is 0 Å². The number of alkyl halides is 1. The monoisotopic (exact) mass is 142 g/mol. The smallest absolute Gasteiger partial charge is 0.263 e. The molecule has 0 saturated heterocycles. The molecule has 0 rings (SSSR count). The topological polar surface area (TPSA) is 67.0 Å². The molecule has 0 saturated carbocycles. The molecule has 6 heteroatoms. The summed E-state index contributed by atoms with van der Waals surface area (Å²) in [7, 11) is 0. The van der Waals surface area contributed by atoms with E-state index in [0.29, 0.717) is 0 Å². The Balaban J connectivity index is 0. The van der Waals surface area contributed by atoms with Gasteiger partial charge in [0.25, 0.3) is 6.00 Å². The summed E-state index contributed by atoms with van der Waals surface area (Å²) in [6.07, 6.45) is 0. The average Bonchev–Trinajstić information content (AvgIpc) is 1.73. The SMILES string of the molecule is N=S.O=[N+]([O-])CCl. The minimum Gasteiger partial charge on any atom is -0.263 e. The number of hydrogen-bond acceptors (Lipinski definition) is 4. The third-order valence-electron chi connectivity index (χ3n) is 0.0976. The molecule has 0 unspecified atom stereocenters. The first kappa shape index (κ1) is 9.86. The van der Waals surface area contributed by atoms with Crippen LogP contribution in [0.2, 0.25) is 0 Å². The fourth-order valence-electron chi connectivity index (χ4n) is 0. The summed E-state index contributed by atoms with van der Waals surface area (Å²) in [5.41, 5.74) is 0.